The number of carboxylic acid groups (broad SMARTS) is 1. The Balaban J connectivity index is 1.76. The maximum atomic E-state index is 14.2. The van der Waals surface area contributed by atoms with Gasteiger partial charge in [-0.3, -0.25) is 4.98 Å². The molecule has 0 atom stereocenters. The molecule has 0 fully saturated rings. The summed E-state index contributed by atoms with van der Waals surface area (Å²) in [7, 11) is 1.43. The number of halogens is 1. The molecule has 24 heavy (non-hydrogen) atoms. The van der Waals surface area contributed by atoms with Gasteiger partial charge in [0.25, 0.3) is 0 Å². The van der Waals surface area contributed by atoms with Crippen LogP contribution in [0.1, 0.15) is 16.7 Å². The van der Waals surface area contributed by atoms with Gasteiger partial charge in [-0.2, -0.15) is 0 Å². The Morgan fingerprint density at radius 2 is 2.12 bits per heavy atom. The number of hydrazine groups is 1. The first-order valence-corrected chi connectivity index (χ1v) is 7.69. The van der Waals surface area contributed by atoms with Crippen molar-refractivity contribution in [3.63, 3.8) is 0 Å². The first-order valence-electron chi connectivity index (χ1n) is 7.69. The third-order valence-corrected chi connectivity index (χ3v) is 4.08. The molecule has 0 radical (unpaired) electrons. The van der Waals surface area contributed by atoms with E-state index >= 15 is 0 Å². The zero-order valence-corrected chi connectivity index (χ0v) is 13.4. The minimum absolute atomic E-state index is 0.0340. The van der Waals surface area contributed by atoms with Gasteiger partial charge in [0.15, 0.2) is 0 Å². The predicted molar refractivity (Wildman–Crippen MR) is 87.9 cm³/mol. The van der Waals surface area contributed by atoms with E-state index in [2.05, 4.69) is 15.4 Å². The molecule has 2 aromatic rings. The van der Waals surface area contributed by atoms with Gasteiger partial charge in [0.1, 0.15) is 5.82 Å². The number of hydrogen-bond acceptors (Lipinski definition) is 4. The zero-order chi connectivity index (χ0) is 17.1. The molecule has 1 aliphatic heterocycles. The fraction of sp³-hybridized carbons (Fsp3) is 0.294. The van der Waals surface area contributed by atoms with E-state index in [1.54, 1.807) is 18.5 Å². The minimum Gasteiger partial charge on any atom is -0.465 e. The predicted octanol–water partition coefficient (Wildman–Crippen LogP) is 2.72. The highest BCUT2D eigenvalue weighted by Gasteiger charge is 2.20. The van der Waals surface area contributed by atoms with Gasteiger partial charge < -0.3 is 15.4 Å². The lowest BCUT2D eigenvalue weighted by Gasteiger charge is -2.30. The zero-order valence-electron chi connectivity index (χ0n) is 13.4. The molecule has 3 rings (SSSR count). The number of nitrogens with one attached hydrogen (secondary N) is 1. The molecular weight excluding hydrogens is 311 g/mol. The molecular formula is C17H19FN4O2. The maximum Gasteiger partial charge on any atom is 0.407 e. The van der Waals surface area contributed by atoms with Crippen LogP contribution in [-0.2, 0) is 19.5 Å². The summed E-state index contributed by atoms with van der Waals surface area (Å²) in [5, 5.41) is 11.0. The number of rotatable bonds is 4. The monoisotopic (exact) mass is 330 g/mol. The van der Waals surface area contributed by atoms with Crippen molar-refractivity contribution in [3.05, 3.63) is 59.2 Å². The van der Waals surface area contributed by atoms with Crippen LogP contribution in [0.2, 0.25) is 0 Å². The highest BCUT2D eigenvalue weighted by molar-refractivity contribution is 5.64. The molecule has 2 heterocycles. The molecule has 0 saturated heterocycles. The second-order valence-electron chi connectivity index (χ2n) is 5.87. The molecule has 0 aliphatic carbocycles. The average Bonchev–Trinajstić information content (AvgIpc) is 2.56. The van der Waals surface area contributed by atoms with Crippen molar-refractivity contribution in [2.45, 2.75) is 19.5 Å². The number of aromatic nitrogens is 1. The van der Waals surface area contributed by atoms with E-state index in [0.717, 1.165) is 34.7 Å². The van der Waals surface area contributed by atoms with Gasteiger partial charge in [0.2, 0.25) is 0 Å². The summed E-state index contributed by atoms with van der Waals surface area (Å²) < 4.78 is 14.2. The van der Waals surface area contributed by atoms with Gasteiger partial charge in [-0.25, -0.2) is 14.2 Å². The second kappa shape index (κ2) is 6.84. The fourth-order valence-corrected chi connectivity index (χ4v) is 2.78. The molecule has 0 bridgehead atoms. The van der Waals surface area contributed by atoms with Crippen LogP contribution in [-0.4, -0.2) is 39.7 Å². The number of amides is 1. The van der Waals surface area contributed by atoms with Crippen LogP contribution in [0.4, 0.5) is 14.9 Å². The van der Waals surface area contributed by atoms with E-state index in [1.807, 2.05) is 12.1 Å². The Morgan fingerprint density at radius 3 is 2.83 bits per heavy atom. The molecule has 126 valence electrons. The molecule has 1 aliphatic rings. The second-order valence-corrected chi connectivity index (χ2v) is 5.87. The molecule has 0 saturated carbocycles. The number of hydrogen-bond donors (Lipinski definition) is 2. The van der Waals surface area contributed by atoms with Gasteiger partial charge in [-0.15, -0.1) is 0 Å². The Kier molecular flexibility index (Phi) is 4.61. The molecule has 7 heteroatoms. The summed E-state index contributed by atoms with van der Waals surface area (Å²) in [6, 6.07) is 7.06. The highest BCUT2D eigenvalue weighted by atomic mass is 19.1. The standard InChI is InChI=1S/C17H19FN4O2/c1-21(17(23)24)10-14-8-13-11-22(7-4-12(13)9-16(14)18)20-15-2-5-19-6-3-15/h2-3,5-6,8-9H,4,7,10-11H2,1H3,(H,19,20)(H,23,24). The number of carbonyl (C=O) groups is 1. The van der Waals surface area contributed by atoms with Crippen LogP contribution in [0.5, 0.6) is 0 Å². The summed E-state index contributed by atoms with van der Waals surface area (Å²) in [5.74, 6) is -0.350. The van der Waals surface area contributed by atoms with Crippen LogP contribution < -0.4 is 5.43 Å². The third-order valence-electron chi connectivity index (χ3n) is 4.08. The Bertz CT molecular complexity index is 739. The van der Waals surface area contributed by atoms with Gasteiger partial charge >= 0.3 is 6.09 Å². The van der Waals surface area contributed by atoms with E-state index in [-0.39, 0.29) is 12.4 Å². The summed E-state index contributed by atoms with van der Waals surface area (Å²) in [6.07, 6.45) is 3.10. The number of fused-ring (bicyclic) bond motifs is 1. The third kappa shape index (κ3) is 3.62. The van der Waals surface area contributed by atoms with Crippen molar-refractivity contribution in [1.29, 1.82) is 0 Å². The quantitative estimate of drug-likeness (QED) is 0.902. The Morgan fingerprint density at radius 1 is 1.38 bits per heavy atom. The maximum absolute atomic E-state index is 14.2. The molecule has 1 aromatic heterocycles. The Hall–Kier alpha value is -2.67. The number of nitrogens with zero attached hydrogens (tertiary/aromatic N) is 3. The molecule has 1 amide bonds. The van der Waals surface area contributed by atoms with Crippen LogP contribution in [0.15, 0.2) is 36.7 Å². The van der Waals surface area contributed by atoms with Crippen LogP contribution >= 0.6 is 0 Å². The van der Waals surface area contributed by atoms with Crippen molar-refractivity contribution in [1.82, 2.24) is 14.9 Å². The molecule has 1 aromatic carbocycles. The van der Waals surface area contributed by atoms with E-state index in [1.165, 1.54) is 13.1 Å². The van der Waals surface area contributed by atoms with E-state index in [4.69, 9.17) is 5.11 Å². The Labute approximate surface area is 139 Å². The van der Waals surface area contributed by atoms with Crippen LogP contribution in [0.25, 0.3) is 0 Å². The van der Waals surface area contributed by atoms with Gasteiger partial charge in [-0.1, -0.05) is 0 Å². The smallest absolute Gasteiger partial charge is 0.407 e. The largest absolute Gasteiger partial charge is 0.465 e. The lowest BCUT2D eigenvalue weighted by molar-refractivity contribution is 0.153. The van der Waals surface area contributed by atoms with Crippen LogP contribution in [0.3, 0.4) is 0 Å². The number of benzene rings is 1. The molecule has 0 spiro atoms. The molecule has 6 nitrogen and oxygen atoms in total. The average molecular weight is 330 g/mol. The first-order chi connectivity index (χ1) is 11.5. The first kappa shape index (κ1) is 16.2. The topological polar surface area (TPSA) is 68.7 Å². The van der Waals surface area contributed by atoms with Crippen molar-refractivity contribution < 1.29 is 14.3 Å². The van der Waals surface area contributed by atoms with Crippen molar-refractivity contribution in [2.24, 2.45) is 0 Å². The minimum atomic E-state index is -1.08. The summed E-state index contributed by atoms with van der Waals surface area (Å²) >= 11 is 0. The number of anilines is 1. The molecule has 0 unspecified atom stereocenters. The van der Waals surface area contributed by atoms with Crippen LogP contribution in [0, 0.1) is 5.82 Å². The summed E-state index contributed by atoms with van der Waals surface area (Å²) in [5.41, 5.74) is 6.63. The lowest BCUT2D eigenvalue weighted by atomic mass is 9.97. The summed E-state index contributed by atoms with van der Waals surface area (Å²) in [4.78, 5) is 16.0. The SMILES string of the molecule is CN(Cc1cc2c(cc1F)CCN(Nc1ccncc1)C2)C(=O)O. The summed E-state index contributed by atoms with van der Waals surface area (Å²) in [6.45, 7) is 1.43. The van der Waals surface area contributed by atoms with E-state index in [9.17, 15) is 9.18 Å². The molecule has 2 N–H and O–H groups in total. The normalized spacial score (nSPS) is 14.1. The number of pyridine rings is 1. The van der Waals surface area contributed by atoms with Gasteiger partial charge in [0, 0.05) is 38.1 Å². The van der Waals surface area contributed by atoms with E-state index in [0.29, 0.717) is 12.1 Å². The van der Waals surface area contributed by atoms with Crippen molar-refractivity contribution in [2.75, 3.05) is 19.0 Å². The highest BCUT2D eigenvalue weighted by Crippen LogP contribution is 2.24. The van der Waals surface area contributed by atoms with Crippen molar-refractivity contribution >= 4 is 11.8 Å². The fourth-order valence-electron chi connectivity index (χ4n) is 2.78. The van der Waals surface area contributed by atoms with Gasteiger partial charge in [-0.05, 0) is 41.8 Å². The van der Waals surface area contributed by atoms with E-state index < -0.39 is 6.09 Å². The van der Waals surface area contributed by atoms with Crippen molar-refractivity contribution in [3.8, 4) is 0 Å². The lowest BCUT2D eigenvalue weighted by Crippen LogP contribution is -2.35. The van der Waals surface area contributed by atoms with Gasteiger partial charge in [0.05, 0.1) is 12.2 Å².